The molecule has 0 fully saturated rings. The largest absolute Gasteiger partial charge is 0.479 e. The Morgan fingerprint density at radius 1 is 1.75 bits per heavy atom. The molecule has 3 N–H and O–H groups in total. The number of terminal acetylenes is 1. The van der Waals surface area contributed by atoms with Gasteiger partial charge in [0.25, 0.3) is 0 Å². The number of aliphatic hydroxyl groups is 1. The van der Waals surface area contributed by atoms with Crippen LogP contribution in [0.2, 0.25) is 0 Å². The highest BCUT2D eigenvalue weighted by Crippen LogP contribution is 2.00. The predicted molar refractivity (Wildman–Crippen MR) is 44.6 cm³/mol. The lowest BCUT2D eigenvalue weighted by Gasteiger charge is -2.17. The maximum absolute atomic E-state index is 10.4. The van der Waals surface area contributed by atoms with Crippen molar-refractivity contribution < 1.29 is 15.0 Å². The molecule has 0 aliphatic heterocycles. The maximum Gasteiger partial charge on any atom is 0.336 e. The SMILES string of the molecule is C#CCCNCC(C)(O)C(=O)O. The molecule has 0 rings (SSSR count). The molecule has 0 bridgehead atoms. The number of hydrogen-bond acceptors (Lipinski definition) is 3. The highest BCUT2D eigenvalue weighted by molar-refractivity contribution is 5.76. The Balaban J connectivity index is 3.63. The second-order valence-corrected chi connectivity index (χ2v) is 2.71. The Morgan fingerprint density at radius 2 is 2.33 bits per heavy atom. The van der Waals surface area contributed by atoms with Gasteiger partial charge in [0.05, 0.1) is 0 Å². The first-order valence-electron chi connectivity index (χ1n) is 3.60. The Morgan fingerprint density at radius 3 is 2.75 bits per heavy atom. The zero-order valence-electron chi connectivity index (χ0n) is 7.00. The molecule has 1 atom stereocenters. The van der Waals surface area contributed by atoms with Gasteiger partial charge in [-0.15, -0.1) is 12.3 Å². The molecular formula is C8H13NO3. The van der Waals surface area contributed by atoms with E-state index in [4.69, 9.17) is 11.5 Å². The standard InChI is InChI=1S/C8H13NO3/c1-3-4-5-9-6-8(2,12)7(10)11/h1,9,12H,4-6H2,2H3,(H,10,11). The van der Waals surface area contributed by atoms with Gasteiger partial charge in [0, 0.05) is 19.5 Å². The summed E-state index contributed by atoms with van der Waals surface area (Å²) in [4.78, 5) is 10.4. The fourth-order valence-electron chi connectivity index (χ4n) is 0.568. The van der Waals surface area contributed by atoms with Crippen molar-refractivity contribution in [3.8, 4) is 12.3 Å². The number of hydrogen-bond donors (Lipinski definition) is 3. The number of rotatable bonds is 5. The van der Waals surface area contributed by atoms with Crippen molar-refractivity contribution in [2.75, 3.05) is 13.1 Å². The van der Waals surface area contributed by atoms with E-state index in [0.29, 0.717) is 13.0 Å². The van der Waals surface area contributed by atoms with E-state index in [9.17, 15) is 9.90 Å². The number of aliphatic carboxylic acids is 1. The van der Waals surface area contributed by atoms with Crippen LogP contribution in [0.4, 0.5) is 0 Å². The first-order chi connectivity index (χ1) is 5.50. The van der Waals surface area contributed by atoms with Crippen LogP contribution in [0.25, 0.3) is 0 Å². The van der Waals surface area contributed by atoms with Crippen molar-refractivity contribution in [2.24, 2.45) is 0 Å². The molecule has 0 aliphatic carbocycles. The second-order valence-electron chi connectivity index (χ2n) is 2.71. The Bertz CT molecular complexity index is 193. The van der Waals surface area contributed by atoms with Crippen molar-refractivity contribution in [3.63, 3.8) is 0 Å². The molecule has 0 spiro atoms. The van der Waals surface area contributed by atoms with Crippen LogP contribution in [0.3, 0.4) is 0 Å². The van der Waals surface area contributed by atoms with Crippen LogP contribution in [0, 0.1) is 12.3 Å². The first kappa shape index (κ1) is 11.0. The molecule has 12 heavy (non-hydrogen) atoms. The molecule has 4 heteroatoms. The van der Waals surface area contributed by atoms with Gasteiger partial charge < -0.3 is 15.5 Å². The lowest BCUT2D eigenvalue weighted by Crippen LogP contribution is -2.45. The van der Waals surface area contributed by atoms with Crippen LogP contribution in [0.15, 0.2) is 0 Å². The smallest absolute Gasteiger partial charge is 0.336 e. The minimum absolute atomic E-state index is 0.00398. The zero-order valence-corrected chi connectivity index (χ0v) is 7.00. The Labute approximate surface area is 71.6 Å². The van der Waals surface area contributed by atoms with Crippen molar-refractivity contribution in [1.82, 2.24) is 5.32 Å². The molecule has 0 aromatic rings. The highest BCUT2D eigenvalue weighted by Gasteiger charge is 2.28. The minimum Gasteiger partial charge on any atom is -0.479 e. The summed E-state index contributed by atoms with van der Waals surface area (Å²) in [5, 5.41) is 20.4. The summed E-state index contributed by atoms with van der Waals surface area (Å²) < 4.78 is 0. The van der Waals surface area contributed by atoms with Crippen LogP contribution in [0.5, 0.6) is 0 Å². The second kappa shape index (κ2) is 4.75. The average Bonchev–Trinajstić information content (AvgIpc) is 1.98. The van der Waals surface area contributed by atoms with Gasteiger partial charge in [-0.2, -0.15) is 0 Å². The molecule has 0 aliphatic rings. The summed E-state index contributed by atoms with van der Waals surface area (Å²) in [5.41, 5.74) is -1.71. The molecular weight excluding hydrogens is 158 g/mol. The van der Waals surface area contributed by atoms with E-state index in [1.807, 2.05) is 0 Å². The highest BCUT2D eigenvalue weighted by atomic mass is 16.4. The van der Waals surface area contributed by atoms with Gasteiger partial charge >= 0.3 is 5.97 Å². The van der Waals surface area contributed by atoms with E-state index >= 15 is 0 Å². The fraction of sp³-hybridized carbons (Fsp3) is 0.625. The summed E-state index contributed by atoms with van der Waals surface area (Å²) in [6.45, 7) is 1.75. The fourth-order valence-corrected chi connectivity index (χ4v) is 0.568. The molecule has 1 unspecified atom stereocenters. The van der Waals surface area contributed by atoms with Crippen LogP contribution in [-0.4, -0.2) is 34.9 Å². The van der Waals surface area contributed by atoms with Crippen LogP contribution in [0.1, 0.15) is 13.3 Å². The maximum atomic E-state index is 10.4. The molecule has 0 aromatic heterocycles. The quantitative estimate of drug-likeness (QED) is 0.383. The Hall–Kier alpha value is -1.05. The van der Waals surface area contributed by atoms with Crippen LogP contribution in [-0.2, 0) is 4.79 Å². The van der Waals surface area contributed by atoms with Gasteiger partial charge in [0.15, 0.2) is 5.60 Å². The van der Waals surface area contributed by atoms with Crippen molar-refractivity contribution in [1.29, 1.82) is 0 Å². The van der Waals surface area contributed by atoms with Crippen molar-refractivity contribution in [3.05, 3.63) is 0 Å². The molecule has 0 amide bonds. The van der Waals surface area contributed by atoms with E-state index < -0.39 is 11.6 Å². The van der Waals surface area contributed by atoms with E-state index in [1.54, 1.807) is 0 Å². The van der Waals surface area contributed by atoms with Crippen molar-refractivity contribution >= 4 is 5.97 Å². The minimum atomic E-state index is -1.71. The number of nitrogens with one attached hydrogen (secondary N) is 1. The molecule has 0 heterocycles. The van der Waals surface area contributed by atoms with Crippen LogP contribution < -0.4 is 5.32 Å². The van der Waals surface area contributed by atoms with Gasteiger partial charge in [0.2, 0.25) is 0 Å². The summed E-state index contributed by atoms with van der Waals surface area (Å²) in [6, 6.07) is 0. The predicted octanol–water partition coefficient (Wildman–Crippen LogP) is -0.565. The molecule has 0 saturated heterocycles. The van der Waals surface area contributed by atoms with E-state index in [2.05, 4.69) is 11.2 Å². The molecule has 0 saturated carbocycles. The van der Waals surface area contributed by atoms with E-state index in [0.717, 1.165) is 0 Å². The third-order valence-electron chi connectivity index (χ3n) is 1.38. The lowest BCUT2D eigenvalue weighted by atomic mass is 10.1. The first-order valence-corrected chi connectivity index (χ1v) is 3.60. The number of carboxylic acid groups (broad SMARTS) is 1. The van der Waals surface area contributed by atoms with Gasteiger partial charge in [-0.3, -0.25) is 0 Å². The van der Waals surface area contributed by atoms with Gasteiger partial charge in [-0.05, 0) is 6.92 Å². The van der Waals surface area contributed by atoms with Crippen molar-refractivity contribution in [2.45, 2.75) is 18.9 Å². The van der Waals surface area contributed by atoms with Crippen LogP contribution >= 0.6 is 0 Å². The molecule has 0 radical (unpaired) electrons. The topological polar surface area (TPSA) is 69.6 Å². The van der Waals surface area contributed by atoms with E-state index in [-0.39, 0.29) is 6.54 Å². The third kappa shape index (κ3) is 3.96. The van der Waals surface area contributed by atoms with Gasteiger partial charge in [0.1, 0.15) is 0 Å². The number of carboxylic acids is 1. The average molecular weight is 171 g/mol. The van der Waals surface area contributed by atoms with Gasteiger partial charge in [-0.1, -0.05) is 0 Å². The summed E-state index contributed by atoms with van der Waals surface area (Å²) in [5.74, 6) is 1.15. The third-order valence-corrected chi connectivity index (χ3v) is 1.38. The molecule has 68 valence electrons. The zero-order chi connectivity index (χ0) is 9.61. The normalized spacial score (nSPS) is 14.8. The summed E-state index contributed by atoms with van der Waals surface area (Å²) >= 11 is 0. The molecule has 0 aromatic carbocycles. The van der Waals surface area contributed by atoms with Gasteiger partial charge in [-0.25, -0.2) is 4.79 Å². The Kier molecular flexibility index (Phi) is 4.34. The summed E-state index contributed by atoms with van der Waals surface area (Å²) in [6.07, 6.45) is 5.49. The molecule has 4 nitrogen and oxygen atoms in total. The van der Waals surface area contributed by atoms with E-state index in [1.165, 1.54) is 6.92 Å². The number of carbonyl (C=O) groups is 1. The monoisotopic (exact) mass is 171 g/mol. The summed E-state index contributed by atoms with van der Waals surface area (Å²) in [7, 11) is 0. The lowest BCUT2D eigenvalue weighted by molar-refractivity contribution is -0.156.